The number of aromatic amines is 1. The van der Waals surface area contributed by atoms with Crippen molar-refractivity contribution in [3.8, 4) is 0 Å². The Hall–Kier alpha value is -1.50. The molecule has 0 spiro atoms. The number of nitrogens with one attached hydrogen (secondary N) is 1. The number of rotatable bonds is 2. The largest absolute Gasteiger partial charge is 0.293 e. The SMILES string of the molecule is O=c1cn[nH]c(=S)n1/N=C\c1cccc(Cl)c1Cl. The minimum Gasteiger partial charge on any atom is -0.265 e. The first-order valence-electron chi connectivity index (χ1n) is 4.74. The number of nitrogens with zero attached hydrogens (tertiary/aromatic N) is 3. The zero-order chi connectivity index (χ0) is 13.1. The minimum atomic E-state index is -0.437. The third-order valence-corrected chi connectivity index (χ3v) is 3.13. The van der Waals surface area contributed by atoms with Gasteiger partial charge in [0, 0.05) is 5.56 Å². The molecule has 2 rings (SSSR count). The molecule has 0 radical (unpaired) electrons. The van der Waals surface area contributed by atoms with Crippen LogP contribution >= 0.6 is 35.4 Å². The first-order chi connectivity index (χ1) is 8.59. The standard InChI is InChI=1S/C10H6Cl2N4OS/c11-7-3-1-2-6(9(7)12)4-14-16-8(17)5-13-15-10(16)18/h1-5H,(H,15,18)/b14-4-. The summed E-state index contributed by atoms with van der Waals surface area (Å²) in [7, 11) is 0. The molecule has 8 heteroatoms. The highest BCUT2D eigenvalue weighted by Gasteiger charge is 2.02. The topological polar surface area (TPSA) is 63.0 Å². The van der Waals surface area contributed by atoms with Crippen molar-refractivity contribution in [2.75, 3.05) is 0 Å². The van der Waals surface area contributed by atoms with E-state index in [1.54, 1.807) is 18.2 Å². The summed E-state index contributed by atoms with van der Waals surface area (Å²) < 4.78 is 1.09. The summed E-state index contributed by atoms with van der Waals surface area (Å²) in [5, 5.41) is 10.7. The Labute approximate surface area is 117 Å². The Kier molecular flexibility index (Phi) is 3.90. The highest BCUT2D eigenvalue weighted by molar-refractivity contribution is 7.71. The number of benzene rings is 1. The molecule has 0 aliphatic carbocycles. The van der Waals surface area contributed by atoms with Gasteiger partial charge in [0.05, 0.1) is 16.3 Å². The maximum atomic E-state index is 11.5. The van der Waals surface area contributed by atoms with Gasteiger partial charge in [-0.3, -0.25) is 9.89 Å². The van der Waals surface area contributed by atoms with E-state index in [2.05, 4.69) is 15.3 Å². The van der Waals surface area contributed by atoms with Gasteiger partial charge in [-0.1, -0.05) is 35.3 Å². The lowest BCUT2D eigenvalue weighted by Gasteiger charge is -2.00. The van der Waals surface area contributed by atoms with Gasteiger partial charge in [-0.05, 0) is 18.3 Å². The van der Waals surface area contributed by atoms with Crippen molar-refractivity contribution in [3.63, 3.8) is 0 Å². The summed E-state index contributed by atoms with van der Waals surface area (Å²) in [6, 6.07) is 5.11. The molecule has 0 unspecified atom stereocenters. The number of hydrogen-bond donors (Lipinski definition) is 1. The van der Waals surface area contributed by atoms with Crippen molar-refractivity contribution < 1.29 is 0 Å². The summed E-state index contributed by atoms with van der Waals surface area (Å²) >= 11 is 16.7. The van der Waals surface area contributed by atoms with Crippen LogP contribution < -0.4 is 5.56 Å². The van der Waals surface area contributed by atoms with Gasteiger partial charge in [0.15, 0.2) is 0 Å². The van der Waals surface area contributed by atoms with Gasteiger partial charge in [0.2, 0.25) is 4.77 Å². The third-order valence-electron chi connectivity index (χ3n) is 2.03. The Morgan fingerprint density at radius 2 is 2.22 bits per heavy atom. The molecule has 0 fully saturated rings. The average Bonchev–Trinajstić information content (AvgIpc) is 2.33. The number of halogens is 2. The lowest BCUT2D eigenvalue weighted by atomic mass is 10.2. The van der Waals surface area contributed by atoms with E-state index in [4.69, 9.17) is 35.4 Å². The molecule has 1 heterocycles. The molecule has 1 aromatic heterocycles. The predicted octanol–water partition coefficient (Wildman–Crippen LogP) is 2.49. The van der Waals surface area contributed by atoms with E-state index in [9.17, 15) is 4.79 Å². The highest BCUT2D eigenvalue weighted by Crippen LogP contribution is 2.24. The Balaban J connectivity index is 2.46. The molecule has 0 atom stereocenters. The lowest BCUT2D eigenvalue weighted by Crippen LogP contribution is -2.18. The summed E-state index contributed by atoms with van der Waals surface area (Å²) in [6.45, 7) is 0. The quantitative estimate of drug-likeness (QED) is 0.684. The van der Waals surface area contributed by atoms with Gasteiger partial charge in [-0.2, -0.15) is 14.9 Å². The molecule has 5 nitrogen and oxygen atoms in total. The summed E-state index contributed by atoms with van der Waals surface area (Å²) in [5.74, 6) is 0. The zero-order valence-corrected chi connectivity index (χ0v) is 11.1. The smallest absolute Gasteiger partial charge is 0.265 e. The van der Waals surface area contributed by atoms with Crippen molar-refractivity contribution in [2.45, 2.75) is 0 Å². The van der Waals surface area contributed by atoms with Crippen LogP contribution in [-0.4, -0.2) is 21.1 Å². The van der Waals surface area contributed by atoms with Crippen LogP contribution in [-0.2, 0) is 0 Å². The molecule has 1 N–H and O–H groups in total. The van der Waals surface area contributed by atoms with Crippen LogP contribution in [0, 0.1) is 4.77 Å². The third kappa shape index (κ3) is 2.66. The first kappa shape index (κ1) is 12.9. The molecule has 0 aliphatic rings. The second-order valence-electron chi connectivity index (χ2n) is 3.21. The number of aromatic nitrogens is 3. The van der Waals surface area contributed by atoms with E-state index in [-0.39, 0.29) is 4.77 Å². The molecule has 0 amide bonds. The van der Waals surface area contributed by atoms with Crippen molar-refractivity contribution in [1.29, 1.82) is 0 Å². The zero-order valence-electron chi connectivity index (χ0n) is 8.80. The second kappa shape index (κ2) is 5.43. The van der Waals surface area contributed by atoms with Crippen molar-refractivity contribution in [3.05, 3.63) is 55.1 Å². The molecular formula is C10H6Cl2N4OS. The van der Waals surface area contributed by atoms with E-state index in [0.717, 1.165) is 10.9 Å². The average molecular weight is 301 g/mol. The van der Waals surface area contributed by atoms with Crippen molar-refractivity contribution >= 4 is 41.6 Å². The van der Waals surface area contributed by atoms with Gasteiger partial charge in [-0.15, -0.1) is 0 Å². The van der Waals surface area contributed by atoms with Gasteiger partial charge in [-0.25, -0.2) is 0 Å². The molecule has 1 aromatic carbocycles. The van der Waals surface area contributed by atoms with Crippen LogP contribution in [0.2, 0.25) is 10.0 Å². The predicted molar refractivity (Wildman–Crippen MR) is 73.1 cm³/mol. The van der Waals surface area contributed by atoms with Crippen LogP contribution in [0.1, 0.15) is 5.56 Å². The lowest BCUT2D eigenvalue weighted by molar-refractivity contribution is 0.738. The Morgan fingerprint density at radius 1 is 1.44 bits per heavy atom. The maximum Gasteiger partial charge on any atom is 0.293 e. The normalized spacial score (nSPS) is 11.0. The molecule has 0 saturated heterocycles. The van der Waals surface area contributed by atoms with Gasteiger partial charge in [0.1, 0.15) is 6.20 Å². The fourth-order valence-corrected chi connectivity index (χ4v) is 1.74. The van der Waals surface area contributed by atoms with Gasteiger partial charge >= 0.3 is 0 Å². The fraction of sp³-hybridized carbons (Fsp3) is 0. The summed E-state index contributed by atoms with van der Waals surface area (Å²) in [5.41, 5.74) is 0.149. The molecule has 0 aliphatic heterocycles. The van der Waals surface area contributed by atoms with Gasteiger partial charge < -0.3 is 0 Å². The van der Waals surface area contributed by atoms with E-state index < -0.39 is 5.56 Å². The molecule has 0 saturated carbocycles. The summed E-state index contributed by atoms with van der Waals surface area (Å²) in [6.07, 6.45) is 2.48. The summed E-state index contributed by atoms with van der Waals surface area (Å²) in [4.78, 5) is 11.5. The minimum absolute atomic E-state index is 0.0944. The van der Waals surface area contributed by atoms with E-state index >= 15 is 0 Å². The molecular weight excluding hydrogens is 295 g/mol. The van der Waals surface area contributed by atoms with E-state index in [1.165, 1.54) is 6.21 Å². The second-order valence-corrected chi connectivity index (χ2v) is 4.38. The Bertz CT molecular complexity index is 694. The van der Waals surface area contributed by atoms with Crippen LogP contribution in [0.5, 0.6) is 0 Å². The number of H-pyrrole nitrogens is 1. The van der Waals surface area contributed by atoms with Gasteiger partial charge in [0.25, 0.3) is 5.56 Å². The van der Waals surface area contributed by atoms with Crippen molar-refractivity contribution in [2.24, 2.45) is 5.10 Å². The number of hydrogen-bond acceptors (Lipinski definition) is 4. The van der Waals surface area contributed by atoms with Crippen LogP contribution in [0.3, 0.4) is 0 Å². The molecule has 0 bridgehead atoms. The van der Waals surface area contributed by atoms with Crippen molar-refractivity contribution in [1.82, 2.24) is 14.9 Å². The molecule has 2 aromatic rings. The monoisotopic (exact) mass is 300 g/mol. The molecule has 92 valence electrons. The maximum absolute atomic E-state index is 11.5. The van der Waals surface area contributed by atoms with Crippen LogP contribution in [0.4, 0.5) is 0 Å². The van der Waals surface area contributed by atoms with Crippen LogP contribution in [0.25, 0.3) is 0 Å². The Morgan fingerprint density at radius 3 is 2.94 bits per heavy atom. The van der Waals surface area contributed by atoms with Crippen LogP contribution in [0.15, 0.2) is 34.3 Å². The van der Waals surface area contributed by atoms with E-state index in [1.807, 2.05) is 0 Å². The molecule has 18 heavy (non-hydrogen) atoms. The first-order valence-corrected chi connectivity index (χ1v) is 5.91. The highest BCUT2D eigenvalue weighted by atomic mass is 35.5. The van der Waals surface area contributed by atoms with E-state index in [0.29, 0.717) is 15.6 Å². The fourth-order valence-electron chi connectivity index (χ4n) is 1.19.